The number of carbonyl (C=O) groups is 1. The molecule has 1 amide bonds. The lowest BCUT2D eigenvalue weighted by Gasteiger charge is -2.05. The molecular formula is C18H15N5OS. The van der Waals surface area contributed by atoms with E-state index < -0.39 is 0 Å². The molecule has 7 heteroatoms. The fourth-order valence-electron chi connectivity index (χ4n) is 2.63. The van der Waals surface area contributed by atoms with Gasteiger partial charge in [-0.1, -0.05) is 30.3 Å². The molecule has 0 fully saturated rings. The van der Waals surface area contributed by atoms with Gasteiger partial charge in [-0.2, -0.15) is 5.10 Å². The van der Waals surface area contributed by atoms with Gasteiger partial charge < -0.3 is 5.32 Å². The van der Waals surface area contributed by atoms with E-state index in [0.717, 1.165) is 21.1 Å². The average molecular weight is 349 g/mol. The Morgan fingerprint density at radius 3 is 2.76 bits per heavy atom. The Hall–Kier alpha value is -3.06. The number of aryl methyl sites for hydroxylation is 1. The fourth-order valence-corrected chi connectivity index (χ4v) is 3.36. The third kappa shape index (κ3) is 3.01. The zero-order valence-corrected chi connectivity index (χ0v) is 14.3. The first-order valence-electron chi connectivity index (χ1n) is 7.80. The molecule has 3 aromatic heterocycles. The number of rotatable bonds is 4. The SMILES string of the molecule is Cc1ncc(CNC(=O)c2cnn3c(-c4ccccc4)ccnc23)s1. The van der Waals surface area contributed by atoms with Gasteiger partial charge in [0.05, 0.1) is 23.4 Å². The van der Waals surface area contributed by atoms with Gasteiger partial charge in [0.15, 0.2) is 5.65 Å². The number of fused-ring (bicyclic) bond motifs is 1. The number of nitrogens with zero attached hydrogens (tertiary/aromatic N) is 4. The number of amides is 1. The van der Waals surface area contributed by atoms with Crippen LogP contribution in [0.4, 0.5) is 0 Å². The number of hydrogen-bond acceptors (Lipinski definition) is 5. The number of carbonyl (C=O) groups excluding carboxylic acids is 1. The van der Waals surface area contributed by atoms with Crippen molar-refractivity contribution in [1.29, 1.82) is 0 Å². The smallest absolute Gasteiger partial charge is 0.257 e. The van der Waals surface area contributed by atoms with Crippen molar-refractivity contribution in [2.75, 3.05) is 0 Å². The molecule has 6 nitrogen and oxygen atoms in total. The highest BCUT2D eigenvalue weighted by atomic mass is 32.1. The Balaban J connectivity index is 1.63. The first-order chi connectivity index (χ1) is 12.2. The molecule has 25 heavy (non-hydrogen) atoms. The summed E-state index contributed by atoms with van der Waals surface area (Å²) >= 11 is 1.57. The summed E-state index contributed by atoms with van der Waals surface area (Å²) in [6, 6.07) is 11.8. The van der Waals surface area contributed by atoms with E-state index in [1.807, 2.05) is 43.3 Å². The number of aromatic nitrogens is 4. The van der Waals surface area contributed by atoms with E-state index >= 15 is 0 Å². The Morgan fingerprint density at radius 2 is 2.00 bits per heavy atom. The maximum atomic E-state index is 12.5. The molecular weight excluding hydrogens is 334 g/mol. The van der Waals surface area contributed by atoms with Crippen molar-refractivity contribution in [2.24, 2.45) is 0 Å². The van der Waals surface area contributed by atoms with E-state index in [9.17, 15) is 4.79 Å². The van der Waals surface area contributed by atoms with Crippen LogP contribution in [0.5, 0.6) is 0 Å². The Labute approximate surface area is 148 Å². The van der Waals surface area contributed by atoms with Gasteiger partial charge in [-0.15, -0.1) is 11.3 Å². The highest BCUT2D eigenvalue weighted by Gasteiger charge is 2.16. The van der Waals surface area contributed by atoms with Crippen molar-refractivity contribution >= 4 is 22.9 Å². The molecule has 0 aliphatic rings. The minimum atomic E-state index is -0.196. The molecule has 4 aromatic rings. The van der Waals surface area contributed by atoms with Gasteiger partial charge in [0.25, 0.3) is 5.91 Å². The van der Waals surface area contributed by atoms with Gasteiger partial charge in [-0.3, -0.25) is 4.79 Å². The first-order valence-corrected chi connectivity index (χ1v) is 8.62. The van der Waals surface area contributed by atoms with Crippen LogP contribution >= 0.6 is 11.3 Å². The summed E-state index contributed by atoms with van der Waals surface area (Å²) in [6.07, 6.45) is 5.03. The molecule has 0 unspecified atom stereocenters. The molecule has 0 spiro atoms. The van der Waals surface area contributed by atoms with Crippen molar-refractivity contribution in [3.05, 3.63) is 70.4 Å². The minimum Gasteiger partial charge on any atom is -0.347 e. The molecule has 1 aromatic carbocycles. The quantitative estimate of drug-likeness (QED) is 0.614. The maximum Gasteiger partial charge on any atom is 0.257 e. The average Bonchev–Trinajstić information content (AvgIpc) is 3.26. The van der Waals surface area contributed by atoms with Gasteiger partial charge in [0, 0.05) is 22.8 Å². The predicted molar refractivity (Wildman–Crippen MR) is 96.4 cm³/mol. The van der Waals surface area contributed by atoms with E-state index in [1.54, 1.807) is 34.4 Å². The lowest BCUT2D eigenvalue weighted by molar-refractivity contribution is 0.0952. The molecule has 0 radical (unpaired) electrons. The molecule has 0 saturated carbocycles. The van der Waals surface area contributed by atoms with Crippen molar-refractivity contribution in [3.63, 3.8) is 0 Å². The third-order valence-corrected chi connectivity index (χ3v) is 4.72. The lowest BCUT2D eigenvalue weighted by atomic mass is 10.1. The van der Waals surface area contributed by atoms with Crippen LogP contribution in [0, 0.1) is 6.92 Å². The number of thiazole rings is 1. The lowest BCUT2D eigenvalue weighted by Crippen LogP contribution is -2.22. The molecule has 0 bridgehead atoms. The summed E-state index contributed by atoms with van der Waals surface area (Å²) in [7, 11) is 0. The maximum absolute atomic E-state index is 12.5. The predicted octanol–water partition coefficient (Wildman–Crippen LogP) is 3.09. The zero-order chi connectivity index (χ0) is 17.2. The fraction of sp³-hybridized carbons (Fsp3) is 0.111. The van der Waals surface area contributed by atoms with E-state index in [2.05, 4.69) is 20.4 Å². The first kappa shape index (κ1) is 15.5. The van der Waals surface area contributed by atoms with E-state index in [1.165, 1.54) is 0 Å². The number of nitrogens with one attached hydrogen (secondary N) is 1. The molecule has 0 saturated heterocycles. The van der Waals surface area contributed by atoms with Crippen LogP contribution < -0.4 is 5.32 Å². The van der Waals surface area contributed by atoms with Crippen molar-refractivity contribution in [3.8, 4) is 11.3 Å². The van der Waals surface area contributed by atoms with Crippen LogP contribution in [0.25, 0.3) is 16.9 Å². The van der Waals surface area contributed by atoms with Crippen LogP contribution in [0.1, 0.15) is 20.2 Å². The van der Waals surface area contributed by atoms with Crippen molar-refractivity contribution < 1.29 is 4.79 Å². The van der Waals surface area contributed by atoms with E-state index in [-0.39, 0.29) is 5.91 Å². The third-order valence-electron chi connectivity index (χ3n) is 3.81. The topological polar surface area (TPSA) is 72.2 Å². The molecule has 0 aliphatic heterocycles. The monoisotopic (exact) mass is 349 g/mol. The number of hydrogen-bond donors (Lipinski definition) is 1. The summed E-state index contributed by atoms with van der Waals surface area (Å²) < 4.78 is 1.70. The van der Waals surface area contributed by atoms with Gasteiger partial charge >= 0.3 is 0 Å². The summed E-state index contributed by atoms with van der Waals surface area (Å²) in [4.78, 5) is 22.1. The molecule has 1 N–H and O–H groups in total. The van der Waals surface area contributed by atoms with Gasteiger partial charge in [-0.05, 0) is 13.0 Å². The van der Waals surface area contributed by atoms with Gasteiger partial charge in [0.2, 0.25) is 0 Å². The van der Waals surface area contributed by atoms with Crippen molar-refractivity contribution in [1.82, 2.24) is 24.9 Å². The van der Waals surface area contributed by atoms with Crippen LogP contribution in [-0.2, 0) is 6.54 Å². The summed E-state index contributed by atoms with van der Waals surface area (Å²) in [6.45, 7) is 2.39. The summed E-state index contributed by atoms with van der Waals surface area (Å²) in [5, 5.41) is 8.24. The summed E-state index contributed by atoms with van der Waals surface area (Å²) in [5.41, 5.74) is 2.91. The second-order valence-electron chi connectivity index (χ2n) is 5.52. The van der Waals surface area contributed by atoms with Gasteiger partial charge in [0.1, 0.15) is 5.56 Å². The normalized spacial score (nSPS) is 10.9. The Kier molecular flexibility index (Phi) is 3.99. The van der Waals surface area contributed by atoms with Crippen LogP contribution in [0.2, 0.25) is 0 Å². The molecule has 4 rings (SSSR count). The molecule has 0 atom stereocenters. The second-order valence-corrected chi connectivity index (χ2v) is 6.84. The number of benzene rings is 1. The standard InChI is InChI=1S/C18H15N5OS/c1-12-20-9-14(25-12)10-21-18(24)15-11-22-23-16(7-8-19-17(15)23)13-5-3-2-4-6-13/h2-9,11H,10H2,1H3,(H,21,24). The van der Waals surface area contributed by atoms with Crippen LogP contribution in [0.15, 0.2) is 55.0 Å². The van der Waals surface area contributed by atoms with Crippen LogP contribution in [-0.4, -0.2) is 25.5 Å². The van der Waals surface area contributed by atoms with E-state index in [0.29, 0.717) is 17.8 Å². The molecule has 3 heterocycles. The summed E-state index contributed by atoms with van der Waals surface area (Å²) in [5.74, 6) is -0.196. The highest BCUT2D eigenvalue weighted by molar-refractivity contribution is 7.11. The van der Waals surface area contributed by atoms with Crippen LogP contribution in [0.3, 0.4) is 0 Å². The highest BCUT2D eigenvalue weighted by Crippen LogP contribution is 2.20. The largest absolute Gasteiger partial charge is 0.347 e. The Bertz CT molecular complexity index is 1040. The van der Waals surface area contributed by atoms with Gasteiger partial charge in [-0.25, -0.2) is 14.5 Å². The molecule has 0 aliphatic carbocycles. The Morgan fingerprint density at radius 1 is 1.16 bits per heavy atom. The van der Waals surface area contributed by atoms with E-state index in [4.69, 9.17) is 0 Å². The van der Waals surface area contributed by atoms with Crippen molar-refractivity contribution in [2.45, 2.75) is 13.5 Å². The second kappa shape index (κ2) is 6.45. The zero-order valence-electron chi connectivity index (χ0n) is 13.5. The molecule has 124 valence electrons. The minimum absolute atomic E-state index is 0.196.